The third-order valence-corrected chi connectivity index (χ3v) is 4.74. The molecule has 1 aliphatic rings. The maximum atomic E-state index is 10.6. The molecule has 0 radical (unpaired) electrons. The zero-order valence-corrected chi connectivity index (χ0v) is 11.8. The van der Waals surface area contributed by atoms with Gasteiger partial charge in [-0.3, -0.25) is 0 Å². The van der Waals surface area contributed by atoms with E-state index in [1.807, 2.05) is 18.2 Å². The highest BCUT2D eigenvalue weighted by atomic mass is 32.2. The van der Waals surface area contributed by atoms with Crippen molar-refractivity contribution in [2.75, 3.05) is 6.26 Å². The predicted molar refractivity (Wildman–Crippen MR) is 80.5 cm³/mol. The molecule has 1 saturated carbocycles. The standard InChI is InChI=1S/C17H18OS/c1-19-16-10-6-5-9-13(16)17(18)15-11-14(15)12-7-3-2-4-8-12/h2-10,14-15,17-18H,11H2,1H3. The van der Waals surface area contributed by atoms with Crippen LogP contribution in [-0.4, -0.2) is 11.4 Å². The molecule has 2 aromatic rings. The molecule has 98 valence electrons. The Morgan fingerprint density at radius 1 is 1.05 bits per heavy atom. The maximum absolute atomic E-state index is 10.6. The molecule has 3 atom stereocenters. The Labute approximate surface area is 118 Å². The normalized spacial score (nSPS) is 23.1. The van der Waals surface area contributed by atoms with Crippen LogP contribution in [-0.2, 0) is 0 Å². The molecule has 1 N–H and O–H groups in total. The van der Waals surface area contributed by atoms with Crippen molar-refractivity contribution in [2.24, 2.45) is 5.92 Å². The number of rotatable bonds is 4. The topological polar surface area (TPSA) is 20.2 Å². The highest BCUT2D eigenvalue weighted by Gasteiger charge is 2.44. The van der Waals surface area contributed by atoms with Crippen molar-refractivity contribution in [3.05, 3.63) is 65.7 Å². The van der Waals surface area contributed by atoms with Crippen LogP contribution in [0.3, 0.4) is 0 Å². The van der Waals surface area contributed by atoms with Gasteiger partial charge in [0.1, 0.15) is 0 Å². The number of aliphatic hydroxyl groups excluding tert-OH is 1. The number of hydrogen-bond acceptors (Lipinski definition) is 2. The van der Waals surface area contributed by atoms with E-state index in [4.69, 9.17) is 0 Å². The van der Waals surface area contributed by atoms with Crippen molar-refractivity contribution >= 4 is 11.8 Å². The summed E-state index contributed by atoms with van der Waals surface area (Å²) in [5.74, 6) is 0.891. The summed E-state index contributed by atoms with van der Waals surface area (Å²) in [4.78, 5) is 1.19. The summed E-state index contributed by atoms with van der Waals surface area (Å²) in [5, 5.41) is 10.6. The second-order valence-electron chi connectivity index (χ2n) is 5.10. The molecule has 0 heterocycles. The van der Waals surface area contributed by atoms with E-state index in [2.05, 4.69) is 42.7 Å². The minimum atomic E-state index is -0.339. The van der Waals surface area contributed by atoms with Gasteiger partial charge < -0.3 is 5.11 Å². The zero-order valence-electron chi connectivity index (χ0n) is 11.0. The fourth-order valence-corrected chi connectivity index (χ4v) is 3.43. The quantitative estimate of drug-likeness (QED) is 0.838. The van der Waals surface area contributed by atoms with Crippen LogP contribution < -0.4 is 0 Å². The Morgan fingerprint density at radius 2 is 1.74 bits per heavy atom. The van der Waals surface area contributed by atoms with Crippen LogP contribution in [0.2, 0.25) is 0 Å². The Balaban J connectivity index is 1.78. The Morgan fingerprint density at radius 3 is 2.47 bits per heavy atom. The van der Waals surface area contributed by atoms with Gasteiger partial charge in [0, 0.05) is 4.90 Å². The third-order valence-electron chi connectivity index (χ3n) is 3.93. The zero-order chi connectivity index (χ0) is 13.2. The number of hydrogen-bond donors (Lipinski definition) is 1. The van der Waals surface area contributed by atoms with Crippen molar-refractivity contribution in [2.45, 2.75) is 23.3 Å². The molecule has 1 aliphatic carbocycles. The van der Waals surface area contributed by atoms with Crippen molar-refractivity contribution in [3.8, 4) is 0 Å². The lowest BCUT2D eigenvalue weighted by atomic mass is 10.0. The molecule has 0 saturated heterocycles. The lowest BCUT2D eigenvalue weighted by Crippen LogP contribution is -2.03. The van der Waals surface area contributed by atoms with Crippen LogP contribution in [0.25, 0.3) is 0 Å². The van der Waals surface area contributed by atoms with Gasteiger partial charge in [0.2, 0.25) is 0 Å². The first-order valence-electron chi connectivity index (χ1n) is 6.67. The average Bonchev–Trinajstić information content (AvgIpc) is 3.28. The summed E-state index contributed by atoms with van der Waals surface area (Å²) in [7, 11) is 0. The molecule has 0 spiro atoms. The van der Waals surface area contributed by atoms with Crippen LogP contribution in [0.1, 0.15) is 29.6 Å². The van der Waals surface area contributed by atoms with E-state index in [-0.39, 0.29) is 6.10 Å². The lowest BCUT2D eigenvalue weighted by molar-refractivity contribution is 0.148. The molecular weight excluding hydrogens is 252 g/mol. The first-order chi connectivity index (χ1) is 9.31. The first kappa shape index (κ1) is 12.8. The van der Waals surface area contributed by atoms with E-state index < -0.39 is 0 Å². The van der Waals surface area contributed by atoms with Gasteiger partial charge in [-0.15, -0.1) is 11.8 Å². The third kappa shape index (κ3) is 2.56. The van der Waals surface area contributed by atoms with Crippen molar-refractivity contribution in [3.63, 3.8) is 0 Å². The molecule has 1 nitrogen and oxygen atoms in total. The smallest absolute Gasteiger partial charge is 0.0835 e. The minimum absolute atomic E-state index is 0.339. The van der Waals surface area contributed by atoms with E-state index in [1.54, 1.807) is 11.8 Å². The summed E-state index contributed by atoms with van der Waals surface area (Å²) in [6.45, 7) is 0. The molecule has 0 aromatic heterocycles. The Bertz CT molecular complexity index is 552. The largest absolute Gasteiger partial charge is 0.388 e. The van der Waals surface area contributed by atoms with E-state index in [9.17, 15) is 5.11 Å². The molecule has 0 amide bonds. The Kier molecular flexibility index (Phi) is 3.63. The SMILES string of the molecule is CSc1ccccc1C(O)C1CC1c1ccccc1. The number of aliphatic hydroxyl groups is 1. The van der Waals surface area contributed by atoms with E-state index in [0.717, 1.165) is 12.0 Å². The maximum Gasteiger partial charge on any atom is 0.0835 e. The fraction of sp³-hybridized carbons (Fsp3) is 0.294. The average molecular weight is 270 g/mol. The molecule has 2 heteroatoms. The molecule has 2 aromatic carbocycles. The summed E-state index contributed by atoms with van der Waals surface area (Å²) < 4.78 is 0. The van der Waals surface area contributed by atoms with E-state index in [1.165, 1.54) is 10.5 Å². The summed E-state index contributed by atoms with van der Waals surface area (Å²) in [6.07, 6.45) is 2.81. The van der Waals surface area contributed by atoms with Gasteiger partial charge in [-0.1, -0.05) is 48.5 Å². The van der Waals surface area contributed by atoms with Crippen LogP contribution in [0.5, 0.6) is 0 Å². The van der Waals surface area contributed by atoms with Crippen LogP contribution in [0, 0.1) is 5.92 Å². The molecule has 1 fully saturated rings. The lowest BCUT2D eigenvalue weighted by Gasteiger charge is -2.14. The fourth-order valence-electron chi connectivity index (χ4n) is 2.79. The highest BCUT2D eigenvalue weighted by Crippen LogP contribution is 2.54. The Hall–Kier alpha value is -1.25. The van der Waals surface area contributed by atoms with Gasteiger partial charge >= 0.3 is 0 Å². The number of benzene rings is 2. The van der Waals surface area contributed by atoms with Gasteiger partial charge in [0.25, 0.3) is 0 Å². The van der Waals surface area contributed by atoms with Crippen molar-refractivity contribution in [1.29, 1.82) is 0 Å². The van der Waals surface area contributed by atoms with Gasteiger partial charge in [-0.05, 0) is 41.7 Å². The molecule has 3 unspecified atom stereocenters. The van der Waals surface area contributed by atoms with E-state index >= 15 is 0 Å². The van der Waals surface area contributed by atoms with Gasteiger partial charge in [0.05, 0.1) is 6.10 Å². The second-order valence-corrected chi connectivity index (χ2v) is 5.95. The molecular formula is C17H18OS. The van der Waals surface area contributed by atoms with Crippen LogP contribution >= 0.6 is 11.8 Å². The van der Waals surface area contributed by atoms with Crippen LogP contribution in [0.15, 0.2) is 59.5 Å². The first-order valence-corrected chi connectivity index (χ1v) is 7.89. The summed E-state index contributed by atoms with van der Waals surface area (Å²) in [6, 6.07) is 18.7. The molecule has 3 rings (SSSR count). The molecule has 19 heavy (non-hydrogen) atoms. The van der Waals surface area contributed by atoms with Gasteiger partial charge in [0.15, 0.2) is 0 Å². The summed E-state index contributed by atoms with van der Waals surface area (Å²) in [5.41, 5.74) is 2.44. The summed E-state index contributed by atoms with van der Waals surface area (Å²) >= 11 is 1.71. The predicted octanol–water partition coefficient (Wildman–Crippen LogP) is 4.25. The van der Waals surface area contributed by atoms with Gasteiger partial charge in [-0.25, -0.2) is 0 Å². The molecule has 0 bridgehead atoms. The highest BCUT2D eigenvalue weighted by molar-refractivity contribution is 7.98. The monoisotopic (exact) mass is 270 g/mol. The molecule has 0 aliphatic heterocycles. The van der Waals surface area contributed by atoms with Crippen molar-refractivity contribution < 1.29 is 5.11 Å². The minimum Gasteiger partial charge on any atom is -0.388 e. The van der Waals surface area contributed by atoms with E-state index in [0.29, 0.717) is 11.8 Å². The number of thioether (sulfide) groups is 1. The second kappa shape index (κ2) is 5.40. The van der Waals surface area contributed by atoms with Crippen LogP contribution in [0.4, 0.5) is 0 Å². The van der Waals surface area contributed by atoms with Crippen molar-refractivity contribution in [1.82, 2.24) is 0 Å². The van der Waals surface area contributed by atoms with Gasteiger partial charge in [-0.2, -0.15) is 0 Å².